The molecule has 2 aliphatic carbocycles. The molecule has 5 rings (SSSR count). The molecule has 1 aromatic rings. The highest BCUT2D eigenvalue weighted by molar-refractivity contribution is 5.81. The SMILES string of the molecule is CC(=O)NC1(CC(C2CCCC2)C2CCN(C(=O)[C@H]3CN(C(C)(C)C)C[C@@H]3c3ccc(F)cc3F)CC2)CC1. The van der Waals surface area contributed by atoms with Crippen LogP contribution in [0.15, 0.2) is 18.2 Å². The van der Waals surface area contributed by atoms with Crippen LogP contribution >= 0.6 is 0 Å². The van der Waals surface area contributed by atoms with Gasteiger partial charge in [-0.25, -0.2) is 8.78 Å². The first-order valence-corrected chi connectivity index (χ1v) is 15.2. The van der Waals surface area contributed by atoms with E-state index in [4.69, 9.17) is 0 Å². The molecule has 39 heavy (non-hydrogen) atoms. The minimum atomic E-state index is -0.588. The fourth-order valence-electron chi connectivity index (χ4n) is 7.96. The number of rotatable bonds is 7. The summed E-state index contributed by atoms with van der Waals surface area (Å²) in [6, 6.07) is 3.78. The van der Waals surface area contributed by atoms with Gasteiger partial charge >= 0.3 is 0 Å². The lowest BCUT2D eigenvalue weighted by atomic mass is 9.72. The molecule has 3 atom stereocenters. The molecule has 5 nitrogen and oxygen atoms in total. The molecule has 7 heteroatoms. The van der Waals surface area contributed by atoms with Gasteiger partial charge in [-0.3, -0.25) is 14.5 Å². The Morgan fingerprint density at radius 1 is 1.03 bits per heavy atom. The van der Waals surface area contributed by atoms with Crippen molar-refractivity contribution in [3.8, 4) is 0 Å². The van der Waals surface area contributed by atoms with E-state index in [0.29, 0.717) is 30.5 Å². The van der Waals surface area contributed by atoms with Gasteiger partial charge in [0.1, 0.15) is 11.6 Å². The smallest absolute Gasteiger partial charge is 0.227 e. The van der Waals surface area contributed by atoms with E-state index in [0.717, 1.165) is 57.2 Å². The van der Waals surface area contributed by atoms with Crippen LogP contribution in [0, 0.1) is 35.3 Å². The summed E-state index contributed by atoms with van der Waals surface area (Å²) in [6.07, 6.45) is 10.4. The third kappa shape index (κ3) is 6.34. The average Bonchev–Trinajstić information content (AvgIpc) is 3.24. The van der Waals surface area contributed by atoms with Crippen LogP contribution in [0.5, 0.6) is 0 Å². The Kier molecular flexibility index (Phi) is 8.11. The number of benzene rings is 1. The van der Waals surface area contributed by atoms with Crippen molar-refractivity contribution in [2.45, 2.75) is 102 Å². The van der Waals surface area contributed by atoms with E-state index in [-0.39, 0.29) is 34.7 Å². The minimum absolute atomic E-state index is 0.00123. The average molecular weight is 544 g/mol. The first kappa shape index (κ1) is 28.5. The summed E-state index contributed by atoms with van der Waals surface area (Å²) >= 11 is 0. The fourth-order valence-corrected chi connectivity index (χ4v) is 7.96. The second-order valence-corrected chi connectivity index (χ2v) is 14.0. The number of likely N-dealkylation sites (tertiary alicyclic amines) is 2. The second kappa shape index (κ2) is 11.1. The predicted molar refractivity (Wildman–Crippen MR) is 149 cm³/mol. The molecule has 2 heterocycles. The topological polar surface area (TPSA) is 52.7 Å². The highest BCUT2D eigenvalue weighted by atomic mass is 19.1. The highest BCUT2D eigenvalue weighted by Crippen LogP contribution is 2.49. The Balaban J connectivity index is 1.28. The van der Waals surface area contributed by atoms with Gasteiger partial charge in [0.05, 0.1) is 5.92 Å². The number of amides is 2. The lowest BCUT2D eigenvalue weighted by Crippen LogP contribution is -2.47. The molecular weight excluding hydrogens is 496 g/mol. The third-order valence-electron chi connectivity index (χ3n) is 10.3. The Morgan fingerprint density at radius 2 is 1.67 bits per heavy atom. The van der Waals surface area contributed by atoms with Crippen LogP contribution in [-0.2, 0) is 9.59 Å². The number of nitrogens with zero attached hydrogens (tertiary/aromatic N) is 2. The van der Waals surface area contributed by atoms with Crippen molar-refractivity contribution >= 4 is 11.8 Å². The zero-order valence-corrected chi connectivity index (χ0v) is 24.3. The summed E-state index contributed by atoms with van der Waals surface area (Å²) in [5.41, 5.74) is 0.307. The van der Waals surface area contributed by atoms with E-state index in [1.165, 1.54) is 37.8 Å². The van der Waals surface area contributed by atoms with Gasteiger partial charge in [0.2, 0.25) is 11.8 Å². The highest BCUT2D eigenvalue weighted by Gasteiger charge is 2.49. The number of carbonyl (C=O) groups is 2. The molecule has 1 unspecified atom stereocenters. The summed E-state index contributed by atoms with van der Waals surface area (Å²) in [7, 11) is 0. The first-order valence-electron chi connectivity index (χ1n) is 15.2. The van der Waals surface area contributed by atoms with Crippen molar-refractivity contribution < 1.29 is 18.4 Å². The van der Waals surface area contributed by atoms with Crippen LogP contribution in [0.1, 0.15) is 97.0 Å². The molecule has 216 valence electrons. The number of halogens is 2. The van der Waals surface area contributed by atoms with E-state index in [9.17, 15) is 18.4 Å². The summed E-state index contributed by atoms with van der Waals surface area (Å²) in [5.74, 6) is 0.329. The lowest BCUT2D eigenvalue weighted by Gasteiger charge is -2.41. The summed E-state index contributed by atoms with van der Waals surface area (Å²) in [5, 5.41) is 3.27. The Labute approximate surface area is 233 Å². The van der Waals surface area contributed by atoms with Crippen molar-refractivity contribution in [1.29, 1.82) is 0 Å². The zero-order valence-electron chi connectivity index (χ0n) is 24.3. The monoisotopic (exact) mass is 543 g/mol. The van der Waals surface area contributed by atoms with Gasteiger partial charge in [-0.2, -0.15) is 0 Å². The molecule has 4 aliphatic rings. The van der Waals surface area contributed by atoms with Crippen LogP contribution in [-0.4, -0.2) is 58.9 Å². The Hall–Kier alpha value is -2.02. The van der Waals surface area contributed by atoms with Crippen molar-refractivity contribution in [2.75, 3.05) is 26.2 Å². The maximum absolute atomic E-state index is 14.9. The van der Waals surface area contributed by atoms with Gasteiger partial charge in [0, 0.05) is 56.2 Å². The summed E-state index contributed by atoms with van der Waals surface area (Å²) in [6.45, 7) is 10.7. The Morgan fingerprint density at radius 3 is 2.23 bits per heavy atom. The molecule has 4 fully saturated rings. The molecule has 2 saturated heterocycles. The predicted octanol–water partition coefficient (Wildman–Crippen LogP) is 5.88. The standard InChI is InChI=1S/C32H47F2N3O2/c1-21(38)35-32(13-14-32)18-26(22-7-5-6-8-22)23-11-15-36(16-12-23)30(39)28-20-37(31(2,3)4)19-27(28)25-10-9-24(33)17-29(25)34/h9-10,17,22-23,26-28H,5-8,11-16,18-20H2,1-4H3,(H,35,38)/t26?,27-,28+/m1/s1. The van der Waals surface area contributed by atoms with Crippen LogP contribution in [0.3, 0.4) is 0 Å². The molecule has 0 spiro atoms. The van der Waals surface area contributed by atoms with Gasteiger partial charge < -0.3 is 10.2 Å². The van der Waals surface area contributed by atoms with Crippen LogP contribution < -0.4 is 5.32 Å². The zero-order chi connectivity index (χ0) is 27.9. The minimum Gasteiger partial charge on any atom is -0.351 e. The molecule has 2 amide bonds. The quantitative estimate of drug-likeness (QED) is 0.467. The number of nitrogens with one attached hydrogen (secondary N) is 1. The maximum atomic E-state index is 14.9. The van der Waals surface area contributed by atoms with Crippen molar-refractivity contribution in [3.05, 3.63) is 35.4 Å². The molecule has 2 saturated carbocycles. The van der Waals surface area contributed by atoms with Crippen LogP contribution in [0.4, 0.5) is 8.78 Å². The molecule has 1 aromatic carbocycles. The van der Waals surface area contributed by atoms with Gasteiger partial charge in [-0.05, 0) is 82.3 Å². The number of hydrogen-bond acceptors (Lipinski definition) is 3. The van der Waals surface area contributed by atoms with E-state index in [1.54, 1.807) is 6.92 Å². The number of hydrogen-bond donors (Lipinski definition) is 1. The van der Waals surface area contributed by atoms with Crippen molar-refractivity contribution in [2.24, 2.45) is 23.7 Å². The fraction of sp³-hybridized carbons (Fsp3) is 0.750. The van der Waals surface area contributed by atoms with Crippen molar-refractivity contribution in [1.82, 2.24) is 15.1 Å². The van der Waals surface area contributed by atoms with Gasteiger partial charge in [0.25, 0.3) is 0 Å². The van der Waals surface area contributed by atoms with E-state index in [1.807, 2.05) is 4.90 Å². The third-order valence-corrected chi connectivity index (χ3v) is 10.3. The second-order valence-electron chi connectivity index (χ2n) is 14.0. The normalized spacial score (nSPS) is 27.1. The van der Waals surface area contributed by atoms with Gasteiger partial charge in [-0.15, -0.1) is 0 Å². The number of carbonyl (C=O) groups excluding carboxylic acids is 2. The molecule has 0 bridgehead atoms. The van der Waals surface area contributed by atoms with Gasteiger partial charge in [-0.1, -0.05) is 31.7 Å². The lowest BCUT2D eigenvalue weighted by molar-refractivity contribution is -0.137. The van der Waals surface area contributed by atoms with Crippen molar-refractivity contribution in [3.63, 3.8) is 0 Å². The Bertz CT molecular complexity index is 1050. The summed E-state index contributed by atoms with van der Waals surface area (Å²) in [4.78, 5) is 30.1. The maximum Gasteiger partial charge on any atom is 0.227 e. The molecule has 1 N–H and O–H groups in total. The van der Waals surface area contributed by atoms with Gasteiger partial charge in [0.15, 0.2) is 0 Å². The first-order chi connectivity index (χ1) is 18.5. The largest absolute Gasteiger partial charge is 0.351 e. The molecule has 0 aromatic heterocycles. The van der Waals surface area contributed by atoms with E-state index >= 15 is 0 Å². The molecule has 2 aliphatic heterocycles. The molecular formula is C32H47F2N3O2. The summed E-state index contributed by atoms with van der Waals surface area (Å²) < 4.78 is 28.6. The van der Waals surface area contributed by atoms with E-state index in [2.05, 4.69) is 31.0 Å². The van der Waals surface area contributed by atoms with E-state index < -0.39 is 11.6 Å². The number of piperidine rings is 1. The van der Waals surface area contributed by atoms with Crippen LogP contribution in [0.25, 0.3) is 0 Å². The molecule has 0 radical (unpaired) electrons. The van der Waals surface area contributed by atoms with Crippen LogP contribution in [0.2, 0.25) is 0 Å².